The molecule has 2 aliphatic heterocycles. The Hall–Kier alpha value is -4.17. The number of ether oxygens (including phenoxy) is 2. The molecule has 364 valence electrons. The van der Waals surface area contributed by atoms with Gasteiger partial charge in [0.2, 0.25) is 23.6 Å². The van der Waals surface area contributed by atoms with Gasteiger partial charge in [0.1, 0.15) is 6.04 Å². The normalized spacial score (nSPS) is 19.4. The Morgan fingerprint density at radius 1 is 0.906 bits per heavy atom. The first-order chi connectivity index (χ1) is 30.0. The lowest BCUT2D eigenvalue weighted by Gasteiger charge is -2.43. The molecule has 64 heavy (non-hydrogen) atoms. The van der Waals surface area contributed by atoms with E-state index in [1.165, 1.54) is 5.06 Å². The fraction of sp³-hybridized carbons (Fsp3) is 0.733. The number of likely N-dealkylation sites (tertiary alicyclic amines) is 1. The van der Waals surface area contributed by atoms with Crippen LogP contribution in [0.2, 0.25) is 0 Å². The number of carbonyl (C=O) groups is 6. The molecule has 0 saturated carbocycles. The molecule has 19 heteroatoms. The van der Waals surface area contributed by atoms with Crippen LogP contribution in [0.3, 0.4) is 0 Å². The van der Waals surface area contributed by atoms with Crippen LogP contribution in [0.5, 0.6) is 0 Å². The summed E-state index contributed by atoms with van der Waals surface area (Å²) in [5, 5.41) is 17.2. The lowest BCUT2D eigenvalue weighted by molar-refractivity contribution is -0.199. The van der Waals surface area contributed by atoms with Gasteiger partial charge in [0, 0.05) is 39.8 Å². The average molecular weight is 915 g/mol. The first-order valence-electron chi connectivity index (χ1n) is 22.2. The topological polar surface area (TPSA) is 196 Å². The monoisotopic (exact) mass is 915 g/mol. The van der Waals surface area contributed by atoms with Gasteiger partial charge in [-0.2, -0.15) is 13.2 Å². The van der Waals surface area contributed by atoms with Crippen molar-refractivity contribution in [1.82, 2.24) is 30.8 Å². The number of hydrogen-bond donors (Lipinski definition) is 4. The van der Waals surface area contributed by atoms with E-state index in [-0.39, 0.29) is 65.8 Å². The maximum absolute atomic E-state index is 14.4. The van der Waals surface area contributed by atoms with Crippen molar-refractivity contribution in [3.05, 3.63) is 35.9 Å². The quantitative estimate of drug-likeness (QED) is 0.138. The Bertz CT molecular complexity index is 1650. The molecule has 0 spiro atoms. The highest BCUT2D eigenvalue weighted by molar-refractivity contribution is 6.00. The number of amides is 5. The number of carboxylic acid groups (broad SMARTS) is 1. The first kappa shape index (κ1) is 56.0. The van der Waals surface area contributed by atoms with Crippen LogP contribution in [-0.4, -0.2) is 152 Å². The zero-order chi connectivity index (χ0) is 48.5. The highest BCUT2D eigenvalue weighted by atomic mass is 19.4. The lowest BCUT2D eigenvalue weighted by Crippen LogP contribution is -2.60. The molecule has 1 aromatic carbocycles. The standard InChI is InChI=1S/C43H72N6O8.C2HF3O2/c1-12-29(6)38(47(9)37(28(4)5)42(53)46-41(52)36(44-8)27(2)3)34(55-10)26-35(50)48-22-18-21-33(48)39(56-11)30(7)40(51)45-32(25-31-19-14-13-15-20-31)43(54)49-23-16-17-24-57-49;3-2(4,5)1(6)7/h13-15,19-20,27-30,32-34,36-39,44H,12,16-18,21-26H2,1-11H3,(H,45,51)(H,46,52,53);(H,6,7)/t29-,30+,32-,33-,34+,36-,37-,38-,39+;/m0./s1. The Morgan fingerprint density at radius 2 is 1.53 bits per heavy atom. The Balaban J connectivity index is 0.00000185. The molecule has 16 nitrogen and oxygen atoms in total. The summed E-state index contributed by atoms with van der Waals surface area (Å²) in [7, 11) is 6.71. The number of nitrogens with one attached hydrogen (secondary N) is 3. The van der Waals surface area contributed by atoms with Crippen LogP contribution in [-0.2, 0) is 49.5 Å². The Labute approximate surface area is 376 Å². The summed E-state index contributed by atoms with van der Waals surface area (Å²) in [6.07, 6.45) is -2.08. The molecule has 0 unspecified atom stereocenters. The van der Waals surface area contributed by atoms with Gasteiger partial charge in [-0.25, -0.2) is 9.86 Å². The molecule has 9 atom stereocenters. The van der Waals surface area contributed by atoms with Gasteiger partial charge in [0.25, 0.3) is 5.91 Å². The Morgan fingerprint density at radius 3 is 2.02 bits per heavy atom. The summed E-state index contributed by atoms with van der Waals surface area (Å²) in [5.74, 6) is -5.11. The number of imide groups is 1. The summed E-state index contributed by atoms with van der Waals surface area (Å²) in [4.78, 5) is 87.3. The number of benzene rings is 1. The molecule has 0 aliphatic carbocycles. The summed E-state index contributed by atoms with van der Waals surface area (Å²) in [5.41, 5.74) is 0.910. The lowest BCUT2D eigenvalue weighted by atomic mass is 9.87. The number of carbonyl (C=O) groups excluding carboxylic acids is 5. The second-order valence-corrected chi connectivity index (χ2v) is 17.4. The van der Waals surface area contributed by atoms with Gasteiger partial charge in [0.05, 0.1) is 49.3 Å². The van der Waals surface area contributed by atoms with Gasteiger partial charge >= 0.3 is 12.1 Å². The van der Waals surface area contributed by atoms with E-state index in [2.05, 4.69) is 29.8 Å². The van der Waals surface area contributed by atoms with Gasteiger partial charge in [-0.05, 0) is 63.1 Å². The van der Waals surface area contributed by atoms with Crippen molar-refractivity contribution in [2.75, 3.05) is 48.0 Å². The van der Waals surface area contributed by atoms with Crippen molar-refractivity contribution in [3.63, 3.8) is 0 Å². The number of methoxy groups -OCH3 is 2. The second kappa shape index (κ2) is 26.7. The van der Waals surface area contributed by atoms with Crippen molar-refractivity contribution in [2.45, 2.75) is 142 Å². The van der Waals surface area contributed by atoms with E-state index in [4.69, 9.17) is 24.2 Å². The van der Waals surface area contributed by atoms with E-state index >= 15 is 0 Å². The van der Waals surface area contributed by atoms with Gasteiger partial charge in [-0.15, -0.1) is 0 Å². The highest BCUT2D eigenvalue weighted by Gasteiger charge is 2.44. The summed E-state index contributed by atoms with van der Waals surface area (Å²) in [6, 6.07) is 6.82. The SMILES string of the molecule is CC[C@H](C)[C@@H]([C@@H](CC(=O)N1CCC[C@H]1[C@H](OC)[C@@H](C)C(=O)N[C@@H](Cc1ccccc1)C(=O)N1CCCCO1)OC)N(C)[C@H](C(=O)NC(=O)[C@@H](NC)C(C)C)C(C)C.O=C(O)C(F)(F)F. The number of rotatable bonds is 21. The van der Waals surface area contributed by atoms with E-state index in [1.54, 1.807) is 33.1 Å². The van der Waals surface area contributed by atoms with E-state index in [0.29, 0.717) is 32.5 Å². The van der Waals surface area contributed by atoms with Gasteiger partial charge < -0.3 is 30.1 Å². The van der Waals surface area contributed by atoms with Gasteiger partial charge in [-0.3, -0.25) is 39.0 Å². The molecular formula is C45H73F3N6O10. The number of carboxylic acids is 1. The maximum atomic E-state index is 14.4. The minimum Gasteiger partial charge on any atom is -0.475 e. The minimum absolute atomic E-state index is 0.0143. The van der Waals surface area contributed by atoms with Crippen LogP contribution >= 0.6 is 0 Å². The molecule has 0 aromatic heterocycles. The Kier molecular flexibility index (Phi) is 23.4. The smallest absolute Gasteiger partial charge is 0.475 e. The number of hydrogen-bond acceptors (Lipinski definition) is 11. The van der Waals surface area contributed by atoms with Crippen LogP contribution in [0.1, 0.15) is 92.6 Å². The van der Waals surface area contributed by atoms with Crippen molar-refractivity contribution in [2.24, 2.45) is 23.7 Å². The van der Waals surface area contributed by atoms with E-state index in [9.17, 15) is 37.1 Å². The van der Waals surface area contributed by atoms with Crippen LogP contribution < -0.4 is 16.0 Å². The number of aliphatic carboxylic acids is 1. The number of likely N-dealkylation sites (N-methyl/N-ethyl adjacent to an activating group) is 2. The fourth-order valence-electron chi connectivity index (χ4n) is 8.67. The molecular weight excluding hydrogens is 842 g/mol. The second-order valence-electron chi connectivity index (χ2n) is 17.4. The van der Waals surface area contributed by atoms with Crippen molar-refractivity contribution >= 4 is 35.5 Å². The number of hydroxylamine groups is 2. The average Bonchev–Trinajstić information content (AvgIpc) is 3.73. The summed E-state index contributed by atoms with van der Waals surface area (Å²) in [6.45, 7) is 15.1. The summed E-state index contributed by atoms with van der Waals surface area (Å²) < 4.78 is 43.8. The number of nitrogens with zero attached hydrogens (tertiary/aromatic N) is 3. The van der Waals surface area contributed by atoms with Crippen LogP contribution in [0.25, 0.3) is 0 Å². The van der Waals surface area contributed by atoms with Crippen molar-refractivity contribution in [1.29, 1.82) is 0 Å². The van der Waals surface area contributed by atoms with Crippen molar-refractivity contribution < 1.29 is 61.4 Å². The molecule has 1 aromatic rings. The zero-order valence-corrected chi connectivity index (χ0v) is 39.4. The van der Waals surface area contributed by atoms with Gasteiger partial charge in [-0.1, -0.05) is 85.2 Å². The molecule has 5 amide bonds. The van der Waals surface area contributed by atoms with Crippen LogP contribution in [0.4, 0.5) is 13.2 Å². The number of alkyl halides is 3. The van der Waals surface area contributed by atoms with Crippen LogP contribution in [0, 0.1) is 23.7 Å². The molecule has 4 N–H and O–H groups in total. The van der Waals surface area contributed by atoms with E-state index in [1.807, 2.05) is 70.0 Å². The van der Waals surface area contributed by atoms with Crippen molar-refractivity contribution in [3.8, 4) is 0 Å². The first-order valence-corrected chi connectivity index (χ1v) is 22.2. The molecule has 0 radical (unpaired) electrons. The van der Waals surface area contributed by atoms with E-state index < -0.39 is 48.4 Å². The third-order valence-corrected chi connectivity index (χ3v) is 12.2. The highest BCUT2D eigenvalue weighted by Crippen LogP contribution is 2.31. The van der Waals surface area contributed by atoms with Crippen LogP contribution in [0.15, 0.2) is 30.3 Å². The molecule has 0 bridgehead atoms. The minimum atomic E-state index is -5.08. The maximum Gasteiger partial charge on any atom is 0.490 e. The molecule has 3 rings (SSSR count). The molecule has 2 heterocycles. The third-order valence-electron chi connectivity index (χ3n) is 12.2. The third kappa shape index (κ3) is 16.1. The van der Waals surface area contributed by atoms with Gasteiger partial charge in [0.15, 0.2) is 0 Å². The molecule has 2 saturated heterocycles. The molecule has 2 fully saturated rings. The number of halogens is 3. The predicted octanol–water partition coefficient (Wildman–Crippen LogP) is 4.21. The van der Waals surface area contributed by atoms with E-state index in [0.717, 1.165) is 31.2 Å². The zero-order valence-electron chi connectivity index (χ0n) is 39.4. The predicted molar refractivity (Wildman–Crippen MR) is 233 cm³/mol. The largest absolute Gasteiger partial charge is 0.490 e. The molecule has 2 aliphatic rings. The fourth-order valence-corrected chi connectivity index (χ4v) is 8.67. The summed E-state index contributed by atoms with van der Waals surface area (Å²) >= 11 is 0.